The Labute approximate surface area is 149 Å². The van der Waals surface area contributed by atoms with E-state index in [-0.39, 0.29) is 12.0 Å². The summed E-state index contributed by atoms with van der Waals surface area (Å²) in [6.07, 6.45) is 1.38. The minimum atomic E-state index is -0.276. The molecule has 0 radical (unpaired) electrons. The van der Waals surface area contributed by atoms with Crippen molar-refractivity contribution in [1.82, 2.24) is 14.7 Å². The zero-order valence-corrected chi connectivity index (χ0v) is 14.8. The number of aryl methyl sites for hydroxylation is 1. The number of benzene rings is 1. The largest absolute Gasteiger partial charge is 0.479 e. The average Bonchev–Trinajstić information content (AvgIpc) is 2.94. The third-order valence-electron chi connectivity index (χ3n) is 3.83. The van der Waals surface area contributed by atoms with Crippen molar-refractivity contribution in [3.8, 4) is 5.88 Å². The molecule has 0 spiro atoms. The number of hydrogen-bond acceptors (Lipinski definition) is 4. The monoisotopic (exact) mass is 369 g/mol. The van der Waals surface area contributed by atoms with E-state index < -0.39 is 0 Å². The fourth-order valence-corrected chi connectivity index (χ4v) is 3.28. The topological polar surface area (TPSA) is 56.6 Å². The number of rotatable bonds is 3. The van der Waals surface area contributed by atoms with Crippen LogP contribution in [0.2, 0.25) is 10.0 Å². The number of halogens is 2. The Bertz CT molecular complexity index is 743. The van der Waals surface area contributed by atoms with Crippen LogP contribution in [0.5, 0.6) is 5.88 Å². The van der Waals surface area contributed by atoms with Crippen LogP contribution >= 0.6 is 23.2 Å². The van der Waals surface area contributed by atoms with E-state index in [1.165, 1.54) is 7.11 Å². The molecule has 1 saturated heterocycles. The fraction of sp³-hybridized carbons (Fsp3) is 0.375. The Hall–Kier alpha value is -1.76. The van der Waals surface area contributed by atoms with Crippen molar-refractivity contribution in [2.24, 2.45) is 7.05 Å². The number of aromatic nitrogens is 2. The first-order chi connectivity index (χ1) is 11.5. The van der Waals surface area contributed by atoms with E-state index in [9.17, 15) is 4.79 Å². The molecule has 1 aromatic heterocycles. The molecule has 24 heavy (non-hydrogen) atoms. The minimum absolute atomic E-state index is 0.138. The lowest BCUT2D eigenvalue weighted by atomic mass is 10.1. The third-order valence-corrected chi connectivity index (χ3v) is 4.27. The molecule has 0 bridgehead atoms. The van der Waals surface area contributed by atoms with Crippen molar-refractivity contribution >= 4 is 29.1 Å². The van der Waals surface area contributed by atoms with Crippen LogP contribution in [0, 0.1) is 0 Å². The fourth-order valence-electron chi connectivity index (χ4n) is 2.73. The quantitative estimate of drug-likeness (QED) is 0.834. The number of nitrogens with zero attached hydrogens (tertiary/aromatic N) is 3. The van der Waals surface area contributed by atoms with Gasteiger partial charge in [-0.25, -0.2) is 0 Å². The number of morpholine rings is 1. The molecule has 1 amide bonds. The van der Waals surface area contributed by atoms with Gasteiger partial charge in [0.05, 0.1) is 20.3 Å². The predicted octanol–water partition coefficient (Wildman–Crippen LogP) is 2.95. The summed E-state index contributed by atoms with van der Waals surface area (Å²) in [5.41, 5.74) is 1.29. The van der Waals surface area contributed by atoms with Crippen LogP contribution in [-0.4, -0.2) is 47.4 Å². The van der Waals surface area contributed by atoms with Crippen LogP contribution in [-0.2, 0) is 11.8 Å². The van der Waals surface area contributed by atoms with E-state index in [1.807, 2.05) is 0 Å². The van der Waals surface area contributed by atoms with Gasteiger partial charge in [-0.2, -0.15) is 0 Å². The highest BCUT2D eigenvalue weighted by molar-refractivity contribution is 6.34. The van der Waals surface area contributed by atoms with Crippen molar-refractivity contribution < 1.29 is 14.3 Å². The molecule has 128 valence electrons. The molecule has 2 heterocycles. The van der Waals surface area contributed by atoms with Gasteiger partial charge in [-0.3, -0.25) is 9.48 Å². The summed E-state index contributed by atoms with van der Waals surface area (Å²) in [6.45, 7) is 1.35. The molecule has 8 heteroatoms. The van der Waals surface area contributed by atoms with Crippen LogP contribution in [0.15, 0.2) is 24.4 Å². The van der Waals surface area contributed by atoms with Crippen LogP contribution < -0.4 is 4.74 Å². The van der Waals surface area contributed by atoms with Gasteiger partial charge in [-0.15, -0.1) is 5.10 Å². The first-order valence-electron chi connectivity index (χ1n) is 7.42. The van der Waals surface area contributed by atoms with Gasteiger partial charge in [-0.05, 0) is 23.8 Å². The lowest BCUT2D eigenvalue weighted by molar-refractivity contribution is -0.0229. The molecular weight excluding hydrogens is 353 g/mol. The Balaban J connectivity index is 1.81. The molecular formula is C16H17Cl2N3O3. The molecule has 0 aliphatic carbocycles. The molecule has 6 nitrogen and oxygen atoms in total. The maximum absolute atomic E-state index is 12.8. The molecule has 3 rings (SSSR count). The molecule has 1 fully saturated rings. The number of ether oxygens (including phenoxy) is 2. The first-order valence-corrected chi connectivity index (χ1v) is 8.18. The third kappa shape index (κ3) is 3.50. The normalized spacial score (nSPS) is 17.8. The van der Waals surface area contributed by atoms with Gasteiger partial charge in [0.1, 0.15) is 11.7 Å². The molecule has 1 atom stereocenters. The summed E-state index contributed by atoms with van der Waals surface area (Å²) in [5, 5.41) is 5.21. The van der Waals surface area contributed by atoms with Crippen molar-refractivity contribution in [3.63, 3.8) is 0 Å². The van der Waals surface area contributed by atoms with Crippen molar-refractivity contribution in [1.29, 1.82) is 0 Å². The highest BCUT2D eigenvalue weighted by atomic mass is 35.5. The summed E-state index contributed by atoms with van der Waals surface area (Å²) in [6, 6.07) is 5.27. The second-order valence-corrected chi connectivity index (χ2v) is 6.41. The average molecular weight is 370 g/mol. The van der Waals surface area contributed by atoms with Crippen LogP contribution in [0.1, 0.15) is 22.0 Å². The lowest BCUT2D eigenvalue weighted by Crippen LogP contribution is -2.42. The lowest BCUT2D eigenvalue weighted by Gasteiger charge is -2.33. The smallest absolute Gasteiger partial charge is 0.261 e. The number of amides is 1. The van der Waals surface area contributed by atoms with Gasteiger partial charge >= 0.3 is 0 Å². The van der Waals surface area contributed by atoms with Crippen molar-refractivity contribution in [2.75, 3.05) is 26.8 Å². The molecule has 1 aliphatic rings. The molecule has 1 aliphatic heterocycles. The van der Waals surface area contributed by atoms with Gasteiger partial charge in [0.25, 0.3) is 5.91 Å². The Morgan fingerprint density at radius 3 is 2.71 bits per heavy atom. The highest BCUT2D eigenvalue weighted by Gasteiger charge is 2.29. The van der Waals surface area contributed by atoms with E-state index in [0.29, 0.717) is 41.2 Å². The summed E-state index contributed by atoms with van der Waals surface area (Å²) >= 11 is 12.1. The maximum atomic E-state index is 12.8. The summed E-state index contributed by atoms with van der Waals surface area (Å²) in [7, 11) is 3.24. The van der Waals surface area contributed by atoms with Crippen molar-refractivity contribution in [3.05, 3.63) is 45.6 Å². The van der Waals surface area contributed by atoms with Crippen molar-refractivity contribution in [2.45, 2.75) is 6.10 Å². The van der Waals surface area contributed by atoms with Crippen LogP contribution in [0.25, 0.3) is 0 Å². The van der Waals surface area contributed by atoms with Gasteiger partial charge in [0.15, 0.2) is 0 Å². The first kappa shape index (κ1) is 17.1. The predicted molar refractivity (Wildman–Crippen MR) is 90.8 cm³/mol. The number of carbonyl (C=O) groups excluding carboxylic acids is 1. The van der Waals surface area contributed by atoms with E-state index in [0.717, 1.165) is 5.56 Å². The molecule has 0 saturated carbocycles. The molecule has 1 aromatic carbocycles. The van der Waals surface area contributed by atoms with Crippen LogP contribution in [0.3, 0.4) is 0 Å². The number of carbonyl (C=O) groups is 1. The second kappa shape index (κ2) is 7.01. The zero-order valence-electron chi connectivity index (χ0n) is 13.3. The molecule has 0 N–H and O–H groups in total. The summed E-state index contributed by atoms with van der Waals surface area (Å²) in [4.78, 5) is 14.5. The SMILES string of the molecule is COc1nn(C)cc1C(=O)N1CCO[C@@H](c2cc(Cl)cc(Cl)c2)C1. The summed E-state index contributed by atoms with van der Waals surface area (Å²) in [5.74, 6) is 0.178. The van der Waals surface area contributed by atoms with Gasteiger partial charge in [-0.1, -0.05) is 23.2 Å². The Kier molecular flexibility index (Phi) is 4.99. The van der Waals surface area contributed by atoms with Gasteiger partial charge < -0.3 is 14.4 Å². The van der Waals surface area contributed by atoms with E-state index >= 15 is 0 Å². The van der Waals surface area contributed by atoms with E-state index in [2.05, 4.69) is 5.10 Å². The van der Waals surface area contributed by atoms with E-state index in [1.54, 1.807) is 41.0 Å². The zero-order chi connectivity index (χ0) is 17.3. The maximum Gasteiger partial charge on any atom is 0.261 e. The Morgan fingerprint density at radius 2 is 2.04 bits per heavy atom. The number of methoxy groups -OCH3 is 1. The molecule has 2 aromatic rings. The standard InChI is InChI=1S/C16H17Cl2N3O3/c1-20-8-13(15(19-20)23-2)16(22)21-3-4-24-14(9-21)10-5-11(17)7-12(18)6-10/h5-8,14H,3-4,9H2,1-2H3/t14-/m1/s1. The Morgan fingerprint density at radius 1 is 1.33 bits per heavy atom. The second-order valence-electron chi connectivity index (χ2n) is 5.54. The van der Waals surface area contributed by atoms with Gasteiger partial charge in [0, 0.05) is 29.8 Å². The molecule has 0 unspecified atom stereocenters. The minimum Gasteiger partial charge on any atom is -0.479 e. The summed E-state index contributed by atoms with van der Waals surface area (Å²) < 4.78 is 12.5. The van der Waals surface area contributed by atoms with Gasteiger partial charge in [0.2, 0.25) is 5.88 Å². The van der Waals surface area contributed by atoms with Crippen LogP contribution in [0.4, 0.5) is 0 Å². The number of hydrogen-bond donors (Lipinski definition) is 0. The van der Waals surface area contributed by atoms with E-state index in [4.69, 9.17) is 32.7 Å². The highest BCUT2D eigenvalue weighted by Crippen LogP contribution is 2.29.